The second-order valence-corrected chi connectivity index (χ2v) is 6.82. The van der Waals surface area contributed by atoms with Crippen molar-refractivity contribution in [3.63, 3.8) is 0 Å². The zero-order valence-electron chi connectivity index (χ0n) is 12.2. The van der Waals surface area contributed by atoms with Gasteiger partial charge in [-0.15, -0.1) is 0 Å². The minimum Gasteiger partial charge on any atom is -0.389 e. The van der Waals surface area contributed by atoms with Gasteiger partial charge in [0.2, 0.25) is 5.91 Å². The normalized spacial score (nSPS) is 22.0. The summed E-state index contributed by atoms with van der Waals surface area (Å²) in [6.07, 6.45) is 2.20. The number of amides is 1. The largest absolute Gasteiger partial charge is 0.389 e. The summed E-state index contributed by atoms with van der Waals surface area (Å²) in [6, 6.07) is 5.16. The molecule has 0 spiro atoms. The Bertz CT molecular complexity index is 569. The van der Waals surface area contributed by atoms with Crippen molar-refractivity contribution in [1.29, 1.82) is 0 Å². The molecule has 1 aromatic carbocycles. The van der Waals surface area contributed by atoms with Crippen LogP contribution in [-0.2, 0) is 9.53 Å². The molecular formula is C16H19Cl2NO3. The van der Waals surface area contributed by atoms with Crippen molar-refractivity contribution >= 4 is 29.1 Å². The Hall–Kier alpha value is -0.810. The number of halogens is 2. The molecule has 2 fully saturated rings. The highest BCUT2D eigenvalue weighted by molar-refractivity contribution is 6.42. The van der Waals surface area contributed by atoms with Gasteiger partial charge >= 0.3 is 0 Å². The molecule has 1 amide bonds. The number of benzene rings is 1. The van der Waals surface area contributed by atoms with E-state index < -0.39 is 11.5 Å². The Morgan fingerprint density at radius 2 is 1.91 bits per heavy atom. The zero-order valence-corrected chi connectivity index (χ0v) is 13.7. The van der Waals surface area contributed by atoms with Crippen molar-refractivity contribution in [2.45, 2.75) is 30.8 Å². The van der Waals surface area contributed by atoms with Crippen LogP contribution in [0.5, 0.6) is 0 Å². The van der Waals surface area contributed by atoms with Crippen LogP contribution in [0.4, 0.5) is 0 Å². The zero-order chi connectivity index (χ0) is 15.7. The van der Waals surface area contributed by atoms with Gasteiger partial charge in [-0.1, -0.05) is 29.3 Å². The monoisotopic (exact) mass is 343 g/mol. The first-order valence-corrected chi connectivity index (χ1v) is 8.31. The van der Waals surface area contributed by atoms with Crippen molar-refractivity contribution in [3.8, 4) is 0 Å². The van der Waals surface area contributed by atoms with Crippen molar-refractivity contribution in [1.82, 2.24) is 4.90 Å². The van der Waals surface area contributed by atoms with Crippen LogP contribution in [0.2, 0.25) is 10.0 Å². The number of hydrogen-bond acceptors (Lipinski definition) is 3. The number of carbonyl (C=O) groups excluding carboxylic acids is 1. The second-order valence-electron chi connectivity index (χ2n) is 6.00. The van der Waals surface area contributed by atoms with Gasteiger partial charge in [0, 0.05) is 13.1 Å². The van der Waals surface area contributed by atoms with Crippen molar-refractivity contribution < 1.29 is 14.6 Å². The maximum Gasteiger partial charge on any atom is 0.233 e. The van der Waals surface area contributed by atoms with E-state index in [4.69, 9.17) is 27.9 Å². The lowest BCUT2D eigenvalue weighted by molar-refractivity contribution is -0.149. The molecule has 22 heavy (non-hydrogen) atoms. The van der Waals surface area contributed by atoms with Crippen molar-refractivity contribution in [3.05, 3.63) is 33.8 Å². The van der Waals surface area contributed by atoms with E-state index in [9.17, 15) is 9.90 Å². The average molecular weight is 344 g/mol. The van der Waals surface area contributed by atoms with E-state index in [0.717, 1.165) is 12.0 Å². The molecule has 1 aromatic rings. The van der Waals surface area contributed by atoms with Gasteiger partial charge in [0.25, 0.3) is 0 Å². The third-order valence-corrected chi connectivity index (χ3v) is 5.34. The topological polar surface area (TPSA) is 49.8 Å². The Balaban J connectivity index is 1.92. The van der Waals surface area contributed by atoms with Crippen molar-refractivity contribution in [2.75, 3.05) is 26.3 Å². The van der Waals surface area contributed by atoms with Crippen molar-refractivity contribution in [2.24, 2.45) is 0 Å². The van der Waals surface area contributed by atoms with Crippen LogP contribution in [0.25, 0.3) is 0 Å². The average Bonchev–Trinajstić information content (AvgIpc) is 2.50. The van der Waals surface area contributed by atoms with Gasteiger partial charge < -0.3 is 14.7 Å². The molecule has 2 aliphatic rings. The predicted molar refractivity (Wildman–Crippen MR) is 85.4 cm³/mol. The summed E-state index contributed by atoms with van der Waals surface area (Å²) in [6.45, 7) is 2.20. The summed E-state index contributed by atoms with van der Waals surface area (Å²) >= 11 is 12.1. The molecule has 3 rings (SSSR count). The van der Waals surface area contributed by atoms with E-state index in [1.54, 1.807) is 23.1 Å². The van der Waals surface area contributed by atoms with Gasteiger partial charge in [0.1, 0.15) is 0 Å². The highest BCUT2D eigenvalue weighted by Crippen LogP contribution is 2.45. The third-order valence-electron chi connectivity index (χ3n) is 4.60. The Labute approximate surface area is 140 Å². The Morgan fingerprint density at radius 3 is 2.45 bits per heavy atom. The van der Waals surface area contributed by atoms with Gasteiger partial charge in [-0.2, -0.15) is 0 Å². The molecule has 0 bridgehead atoms. The molecule has 4 nitrogen and oxygen atoms in total. The number of rotatable bonds is 3. The van der Waals surface area contributed by atoms with Gasteiger partial charge in [0.15, 0.2) is 0 Å². The molecule has 1 atom stereocenters. The maximum absolute atomic E-state index is 13.0. The van der Waals surface area contributed by atoms with Crippen LogP contribution < -0.4 is 0 Å². The lowest BCUT2D eigenvalue weighted by Crippen LogP contribution is -2.52. The minimum atomic E-state index is -0.980. The lowest BCUT2D eigenvalue weighted by Gasteiger charge is -2.44. The summed E-state index contributed by atoms with van der Waals surface area (Å²) in [5.41, 5.74) is -0.250. The van der Waals surface area contributed by atoms with Crippen LogP contribution in [0.1, 0.15) is 30.7 Å². The molecule has 1 heterocycles. The number of morpholine rings is 1. The molecule has 1 aliphatic carbocycles. The van der Waals surface area contributed by atoms with Crippen LogP contribution in [0, 0.1) is 0 Å². The fraction of sp³-hybridized carbons (Fsp3) is 0.562. The van der Waals surface area contributed by atoms with Gasteiger partial charge in [-0.05, 0) is 37.0 Å². The standard InChI is InChI=1S/C16H19Cl2NO3/c17-12-3-2-11(10-13(12)18)14(16(21)4-1-5-16)15(20)19-6-8-22-9-7-19/h2-3,10,14,21H,1,4-9H2. The molecule has 0 radical (unpaired) electrons. The molecular weight excluding hydrogens is 325 g/mol. The quantitative estimate of drug-likeness (QED) is 0.917. The molecule has 1 saturated heterocycles. The lowest BCUT2D eigenvalue weighted by atomic mass is 9.68. The highest BCUT2D eigenvalue weighted by atomic mass is 35.5. The number of aliphatic hydroxyl groups is 1. The summed E-state index contributed by atoms with van der Waals surface area (Å²) in [5.74, 6) is -0.641. The first kappa shape index (κ1) is 16.1. The number of nitrogens with zero attached hydrogens (tertiary/aromatic N) is 1. The predicted octanol–water partition coefficient (Wildman–Crippen LogP) is 2.85. The molecule has 0 aromatic heterocycles. The maximum atomic E-state index is 13.0. The Kier molecular flexibility index (Phi) is 4.64. The summed E-state index contributed by atoms with van der Waals surface area (Å²) in [7, 11) is 0. The molecule has 120 valence electrons. The summed E-state index contributed by atoms with van der Waals surface area (Å²) in [5, 5.41) is 11.7. The molecule has 1 saturated carbocycles. The van der Waals surface area contributed by atoms with Gasteiger partial charge in [-0.25, -0.2) is 0 Å². The smallest absolute Gasteiger partial charge is 0.233 e. The third kappa shape index (κ3) is 2.98. The Morgan fingerprint density at radius 1 is 1.23 bits per heavy atom. The van der Waals surface area contributed by atoms with Crippen LogP contribution in [0.3, 0.4) is 0 Å². The highest BCUT2D eigenvalue weighted by Gasteiger charge is 2.48. The van der Waals surface area contributed by atoms with Crippen LogP contribution >= 0.6 is 23.2 Å². The summed E-state index contributed by atoms with van der Waals surface area (Å²) < 4.78 is 5.30. The van der Waals surface area contributed by atoms with E-state index in [2.05, 4.69) is 0 Å². The van der Waals surface area contributed by atoms with Gasteiger partial charge in [0.05, 0.1) is 34.8 Å². The SMILES string of the molecule is O=C(C(c1ccc(Cl)c(Cl)c1)C1(O)CCC1)N1CCOCC1. The molecule has 6 heteroatoms. The number of carbonyl (C=O) groups is 1. The molecule has 1 N–H and O–H groups in total. The van der Waals surface area contributed by atoms with Gasteiger partial charge in [-0.3, -0.25) is 4.79 Å². The number of ether oxygens (including phenoxy) is 1. The van der Waals surface area contributed by atoms with Crippen LogP contribution in [-0.4, -0.2) is 47.8 Å². The van der Waals surface area contributed by atoms with E-state index >= 15 is 0 Å². The summed E-state index contributed by atoms with van der Waals surface area (Å²) in [4.78, 5) is 14.7. The fourth-order valence-electron chi connectivity index (χ4n) is 3.17. The first-order chi connectivity index (χ1) is 10.5. The second kappa shape index (κ2) is 6.36. The van der Waals surface area contributed by atoms with E-state index in [-0.39, 0.29) is 5.91 Å². The van der Waals surface area contributed by atoms with Crippen LogP contribution in [0.15, 0.2) is 18.2 Å². The van der Waals surface area contributed by atoms with E-state index in [1.807, 2.05) is 0 Å². The fourth-order valence-corrected chi connectivity index (χ4v) is 3.48. The van der Waals surface area contributed by atoms with E-state index in [1.165, 1.54) is 0 Å². The number of hydrogen-bond donors (Lipinski definition) is 1. The van der Waals surface area contributed by atoms with E-state index in [0.29, 0.717) is 49.2 Å². The molecule has 1 aliphatic heterocycles. The molecule has 1 unspecified atom stereocenters. The first-order valence-electron chi connectivity index (χ1n) is 7.55. The minimum absolute atomic E-state index is 0.0520.